The fraction of sp³-hybridized carbons (Fsp3) is 0. The van der Waals surface area contributed by atoms with Crippen LogP contribution in [-0.4, -0.2) is 16.1 Å². The van der Waals surface area contributed by atoms with Crippen LogP contribution in [0.2, 0.25) is 0 Å². The molecule has 5 heteroatoms. The maximum atomic E-state index is 10.6. The summed E-state index contributed by atoms with van der Waals surface area (Å²) in [5.74, 6) is -0.646. The molecule has 0 unspecified atom stereocenters. The van der Waals surface area contributed by atoms with E-state index >= 15 is 0 Å². The minimum Gasteiger partial charge on any atom is -0.476 e. The Morgan fingerprint density at radius 3 is 2.92 bits per heavy atom. The molecule has 0 aliphatic carbocycles. The van der Waals surface area contributed by atoms with Crippen molar-refractivity contribution in [2.45, 2.75) is 0 Å². The normalized spacial score (nSPS) is 10.2. The van der Waals surface area contributed by atoms with Gasteiger partial charge in [0.25, 0.3) is 0 Å². The molecule has 0 amide bonds. The van der Waals surface area contributed by atoms with E-state index in [0.717, 1.165) is 6.39 Å². The largest absolute Gasteiger partial charge is 0.476 e. The van der Waals surface area contributed by atoms with Crippen molar-refractivity contribution in [2.24, 2.45) is 0 Å². The van der Waals surface area contributed by atoms with Crippen molar-refractivity contribution in [3.63, 3.8) is 0 Å². The molecular weight excluding hydrogens is 174 g/mol. The lowest BCUT2D eigenvalue weighted by molar-refractivity contribution is 0.0691. The number of carboxylic acids is 1. The number of furan rings is 1. The molecule has 13 heavy (non-hydrogen) atoms. The van der Waals surface area contributed by atoms with Crippen molar-refractivity contribution in [2.75, 3.05) is 0 Å². The molecule has 66 valence electrons. The van der Waals surface area contributed by atoms with E-state index in [-0.39, 0.29) is 11.5 Å². The number of aromatic carboxylic acids is 1. The van der Waals surface area contributed by atoms with Gasteiger partial charge in [-0.3, -0.25) is 0 Å². The number of oxazole rings is 1. The van der Waals surface area contributed by atoms with Crippen LogP contribution in [0.5, 0.6) is 0 Å². The molecule has 2 aromatic rings. The Hall–Kier alpha value is -2.04. The van der Waals surface area contributed by atoms with Crippen LogP contribution in [-0.2, 0) is 0 Å². The zero-order chi connectivity index (χ0) is 9.26. The highest BCUT2D eigenvalue weighted by atomic mass is 16.4. The second kappa shape index (κ2) is 2.78. The maximum Gasteiger partial charge on any atom is 0.358 e. The van der Waals surface area contributed by atoms with E-state index in [1.807, 2.05) is 0 Å². The van der Waals surface area contributed by atoms with Crippen molar-refractivity contribution in [1.29, 1.82) is 0 Å². The number of carboxylic acid groups (broad SMARTS) is 1. The van der Waals surface area contributed by atoms with Gasteiger partial charge in [0, 0.05) is 0 Å². The van der Waals surface area contributed by atoms with Crippen LogP contribution >= 0.6 is 0 Å². The Labute approximate surface area is 72.6 Å². The lowest BCUT2D eigenvalue weighted by Gasteiger charge is -1.90. The Bertz CT molecular complexity index is 415. The van der Waals surface area contributed by atoms with Crippen molar-refractivity contribution in [1.82, 2.24) is 4.98 Å². The highest BCUT2D eigenvalue weighted by Crippen LogP contribution is 2.22. The maximum absolute atomic E-state index is 10.6. The topological polar surface area (TPSA) is 76.5 Å². The number of nitrogens with zero attached hydrogens (tertiary/aromatic N) is 1. The zero-order valence-electron chi connectivity index (χ0n) is 6.43. The summed E-state index contributed by atoms with van der Waals surface area (Å²) in [6.07, 6.45) is 2.50. The number of carbonyl (C=O) groups is 1. The van der Waals surface area contributed by atoms with Gasteiger partial charge in [-0.25, -0.2) is 9.78 Å². The van der Waals surface area contributed by atoms with Gasteiger partial charge in [-0.05, 0) is 12.1 Å². The average molecular weight is 179 g/mol. The summed E-state index contributed by atoms with van der Waals surface area (Å²) >= 11 is 0. The third-order valence-electron chi connectivity index (χ3n) is 1.51. The van der Waals surface area contributed by atoms with Crippen molar-refractivity contribution >= 4 is 5.97 Å². The first-order valence-electron chi connectivity index (χ1n) is 3.49. The molecule has 0 aliphatic heterocycles. The minimum atomic E-state index is -1.14. The van der Waals surface area contributed by atoms with E-state index in [9.17, 15) is 4.79 Å². The molecule has 0 aliphatic rings. The van der Waals surface area contributed by atoms with E-state index in [2.05, 4.69) is 4.98 Å². The molecule has 1 N–H and O–H groups in total. The van der Waals surface area contributed by atoms with Crippen LogP contribution in [0, 0.1) is 0 Å². The van der Waals surface area contributed by atoms with Crippen LogP contribution < -0.4 is 0 Å². The molecule has 0 radical (unpaired) electrons. The summed E-state index contributed by atoms with van der Waals surface area (Å²) in [6, 6.07) is 3.25. The quantitative estimate of drug-likeness (QED) is 0.758. The van der Waals surface area contributed by atoms with Gasteiger partial charge in [-0.15, -0.1) is 0 Å². The molecule has 0 atom stereocenters. The standard InChI is InChI=1S/C8H5NO4/c10-8(11)6-7(13-4-9-6)5-2-1-3-12-5/h1-4H,(H,10,11). The Morgan fingerprint density at radius 2 is 2.31 bits per heavy atom. The number of aromatic nitrogens is 1. The third-order valence-corrected chi connectivity index (χ3v) is 1.51. The van der Waals surface area contributed by atoms with E-state index < -0.39 is 5.97 Å². The van der Waals surface area contributed by atoms with E-state index in [1.54, 1.807) is 12.1 Å². The third kappa shape index (κ3) is 1.20. The highest BCUT2D eigenvalue weighted by Gasteiger charge is 2.18. The molecule has 0 spiro atoms. The SMILES string of the molecule is O=C(O)c1ncoc1-c1ccco1. The monoisotopic (exact) mass is 179 g/mol. The van der Waals surface area contributed by atoms with Gasteiger partial charge < -0.3 is 13.9 Å². The lowest BCUT2D eigenvalue weighted by Crippen LogP contribution is -1.97. The molecular formula is C8H5NO4. The van der Waals surface area contributed by atoms with E-state index in [4.69, 9.17) is 13.9 Å². The lowest BCUT2D eigenvalue weighted by atomic mass is 10.3. The second-order valence-corrected chi connectivity index (χ2v) is 2.31. The molecule has 0 bridgehead atoms. The van der Waals surface area contributed by atoms with Crippen LogP contribution in [0.4, 0.5) is 0 Å². The average Bonchev–Trinajstić information content (AvgIpc) is 2.74. The molecule has 2 rings (SSSR count). The van der Waals surface area contributed by atoms with Crippen molar-refractivity contribution in [3.8, 4) is 11.5 Å². The fourth-order valence-corrected chi connectivity index (χ4v) is 0.981. The fourth-order valence-electron chi connectivity index (χ4n) is 0.981. The smallest absolute Gasteiger partial charge is 0.358 e. The van der Waals surface area contributed by atoms with Crippen LogP contribution in [0.15, 0.2) is 33.6 Å². The first-order chi connectivity index (χ1) is 6.29. The van der Waals surface area contributed by atoms with Gasteiger partial charge in [0.2, 0.25) is 5.76 Å². The first-order valence-corrected chi connectivity index (χ1v) is 3.49. The Balaban J connectivity index is 2.52. The molecule has 2 heterocycles. The van der Waals surface area contributed by atoms with Gasteiger partial charge in [-0.1, -0.05) is 0 Å². The van der Waals surface area contributed by atoms with Gasteiger partial charge in [0.05, 0.1) is 6.26 Å². The van der Waals surface area contributed by atoms with E-state index in [1.165, 1.54) is 6.26 Å². The van der Waals surface area contributed by atoms with Crippen molar-refractivity contribution < 1.29 is 18.7 Å². The summed E-state index contributed by atoms with van der Waals surface area (Å²) in [4.78, 5) is 14.2. The minimum absolute atomic E-state index is 0.137. The summed E-state index contributed by atoms with van der Waals surface area (Å²) in [5.41, 5.74) is -0.144. The predicted molar refractivity (Wildman–Crippen MR) is 41.2 cm³/mol. The molecule has 0 aromatic carbocycles. The molecule has 0 fully saturated rings. The summed E-state index contributed by atoms with van der Waals surface area (Å²) in [6.45, 7) is 0. The van der Waals surface area contributed by atoms with Gasteiger partial charge in [0.1, 0.15) is 0 Å². The Morgan fingerprint density at radius 1 is 1.46 bits per heavy atom. The number of hydrogen-bond acceptors (Lipinski definition) is 4. The van der Waals surface area contributed by atoms with Crippen molar-refractivity contribution in [3.05, 3.63) is 30.5 Å². The first kappa shape index (κ1) is 7.60. The summed E-state index contributed by atoms with van der Waals surface area (Å²) in [7, 11) is 0. The zero-order valence-corrected chi connectivity index (χ0v) is 6.43. The predicted octanol–water partition coefficient (Wildman–Crippen LogP) is 1.63. The number of hydrogen-bond donors (Lipinski definition) is 1. The van der Waals surface area contributed by atoms with Gasteiger partial charge in [0.15, 0.2) is 17.8 Å². The molecule has 5 nitrogen and oxygen atoms in total. The summed E-state index contributed by atoms with van der Waals surface area (Å²) < 4.78 is 9.86. The Kier molecular flexibility index (Phi) is 1.63. The molecule has 0 saturated carbocycles. The molecule has 0 saturated heterocycles. The van der Waals surface area contributed by atoms with Gasteiger partial charge >= 0.3 is 5.97 Å². The van der Waals surface area contributed by atoms with Crippen LogP contribution in [0.3, 0.4) is 0 Å². The summed E-state index contributed by atoms with van der Waals surface area (Å²) in [5, 5.41) is 8.69. The highest BCUT2D eigenvalue weighted by molar-refractivity contribution is 5.91. The van der Waals surface area contributed by atoms with Crippen LogP contribution in [0.25, 0.3) is 11.5 Å². The van der Waals surface area contributed by atoms with E-state index in [0.29, 0.717) is 5.76 Å². The molecule has 2 aromatic heterocycles. The van der Waals surface area contributed by atoms with Gasteiger partial charge in [-0.2, -0.15) is 0 Å². The number of rotatable bonds is 2. The van der Waals surface area contributed by atoms with Crippen LogP contribution in [0.1, 0.15) is 10.5 Å². The second-order valence-electron chi connectivity index (χ2n) is 2.31.